The van der Waals surface area contributed by atoms with Gasteiger partial charge >= 0.3 is 10.3 Å². The third-order valence-electron chi connectivity index (χ3n) is 2.36. The van der Waals surface area contributed by atoms with Crippen molar-refractivity contribution < 1.29 is 9.34 Å². The SMILES string of the molecule is CCc1cccc2nc(C(Cl)(Cl)[N+](=O)[O-])oc12. The Kier molecular flexibility index (Phi) is 2.97. The molecule has 0 fully saturated rings. The second-order valence-electron chi connectivity index (χ2n) is 3.44. The Balaban J connectivity index is 2.63. The largest absolute Gasteiger partial charge is 0.446 e. The third-order valence-corrected chi connectivity index (χ3v) is 2.96. The van der Waals surface area contributed by atoms with Gasteiger partial charge in [0.2, 0.25) is 0 Å². The summed E-state index contributed by atoms with van der Waals surface area (Å²) in [6.07, 6.45) is 0.724. The Morgan fingerprint density at radius 1 is 1.53 bits per heavy atom. The van der Waals surface area contributed by atoms with E-state index >= 15 is 0 Å². The summed E-state index contributed by atoms with van der Waals surface area (Å²) in [7, 11) is 0. The van der Waals surface area contributed by atoms with E-state index in [1.54, 1.807) is 12.1 Å². The van der Waals surface area contributed by atoms with Gasteiger partial charge in [0.05, 0.1) is 4.92 Å². The summed E-state index contributed by atoms with van der Waals surface area (Å²) in [6.45, 7) is 1.94. The average molecular weight is 275 g/mol. The van der Waals surface area contributed by atoms with Gasteiger partial charge in [0.25, 0.3) is 0 Å². The number of aromatic nitrogens is 1. The van der Waals surface area contributed by atoms with Crippen LogP contribution in [-0.4, -0.2) is 9.91 Å². The van der Waals surface area contributed by atoms with Crippen molar-refractivity contribution in [2.45, 2.75) is 17.8 Å². The third kappa shape index (κ3) is 1.96. The average Bonchev–Trinajstić information content (AvgIpc) is 2.72. The number of benzene rings is 1. The Morgan fingerprint density at radius 3 is 2.82 bits per heavy atom. The van der Waals surface area contributed by atoms with Crippen molar-refractivity contribution in [1.29, 1.82) is 0 Å². The summed E-state index contributed by atoms with van der Waals surface area (Å²) < 4.78 is 2.94. The highest BCUT2D eigenvalue weighted by Crippen LogP contribution is 2.36. The quantitative estimate of drug-likeness (QED) is 0.373. The predicted octanol–water partition coefficient (Wildman–Crippen LogP) is 3.25. The van der Waals surface area contributed by atoms with Crippen molar-refractivity contribution >= 4 is 34.3 Å². The zero-order chi connectivity index (χ0) is 12.6. The van der Waals surface area contributed by atoms with Crippen molar-refractivity contribution in [3.8, 4) is 0 Å². The molecule has 0 saturated carbocycles. The van der Waals surface area contributed by atoms with Gasteiger partial charge < -0.3 is 4.42 Å². The fourth-order valence-corrected chi connectivity index (χ4v) is 1.65. The van der Waals surface area contributed by atoms with E-state index in [2.05, 4.69) is 4.98 Å². The van der Waals surface area contributed by atoms with Gasteiger partial charge in [0.1, 0.15) is 5.52 Å². The zero-order valence-electron chi connectivity index (χ0n) is 8.81. The minimum atomic E-state index is -2.36. The molecule has 7 heteroatoms. The second kappa shape index (κ2) is 4.16. The van der Waals surface area contributed by atoms with Crippen LogP contribution in [0, 0.1) is 10.1 Å². The first-order chi connectivity index (χ1) is 7.96. The molecule has 0 aliphatic heterocycles. The van der Waals surface area contributed by atoms with Crippen LogP contribution in [0.15, 0.2) is 22.6 Å². The Labute approximate surface area is 106 Å². The zero-order valence-corrected chi connectivity index (χ0v) is 10.3. The first kappa shape index (κ1) is 12.1. The molecule has 0 N–H and O–H groups in total. The fraction of sp³-hybridized carbons (Fsp3) is 0.300. The molecular weight excluding hydrogens is 267 g/mol. The number of oxazole rings is 1. The van der Waals surface area contributed by atoms with Gasteiger partial charge in [-0.2, -0.15) is 0 Å². The molecule has 0 aliphatic rings. The van der Waals surface area contributed by atoms with Crippen LogP contribution in [0.1, 0.15) is 18.4 Å². The van der Waals surface area contributed by atoms with Gasteiger partial charge in [-0.05, 0) is 41.3 Å². The molecule has 2 rings (SSSR count). The summed E-state index contributed by atoms with van der Waals surface area (Å²) in [5, 5.41) is 10.7. The summed E-state index contributed by atoms with van der Waals surface area (Å²) in [5.74, 6) is -0.318. The van der Waals surface area contributed by atoms with Crippen molar-refractivity contribution in [2.24, 2.45) is 0 Å². The number of halogens is 2. The number of alkyl halides is 2. The highest BCUT2D eigenvalue weighted by Gasteiger charge is 2.46. The summed E-state index contributed by atoms with van der Waals surface area (Å²) >= 11 is 11.1. The fourth-order valence-electron chi connectivity index (χ4n) is 1.49. The molecule has 1 aromatic heterocycles. The number of nitrogens with zero attached hydrogens (tertiary/aromatic N) is 2. The number of nitro groups is 1. The number of rotatable bonds is 3. The van der Waals surface area contributed by atoms with Crippen LogP contribution < -0.4 is 0 Å². The summed E-state index contributed by atoms with van der Waals surface area (Å²) in [6, 6.07) is 5.34. The van der Waals surface area contributed by atoms with E-state index in [0.717, 1.165) is 12.0 Å². The molecular formula is C10H8Cl2N2O3. The van der Waals surface area contributed by atoms with Gasteiger partial charge in [-0.1, -0.05) is 19.1 Å². The standard InChI is InChI=1S/C10H8Cl2N2O3/c1-2-6-4-3-5-7-8(6)17-9(13-7)10(11,12)14(15)16/h3-5H,2H2,1H3. The van der Waals surface area contributed by atoms with Crippen LogP contribution >= 0.6 is 23.2 Å². The molecule has 1 aromatic carbocycles. The lowest BCUT2D eigenvalue weighted by Gasteiger charge is -2.04. The van der Waals surface area contributed by atoms with Crippen molar-refractivity contribution in [3.05, 3.63) is 39.8 Å². The first-order valence-corrected chi connectivity index (χ1v) is 5.63. The minimum Gasteiger partial charge on any atom is -0.432 e. The summed E-state index contributed by atoms with van der Waals surface area (Å²) in [5.41, 5.74) is 1.89. The monoisotopic (exact) mass is 274 g/mol. The number of aryl methyl sites for hydroxylation is 1. The Hall–Kier alpha value is -1.33. The maximum atomic E-state index is 10.7. The summed E-state index contributed by atoms with van der Waals surface area (Å²) in [4.78, 5) is 13.8. The van der Waals surface area contributed by atoms with E-state index < -0.39 is 9.38 Å². The molecule has 0 bridgehead atoms. The second-order valence-corrected chi connectivity index (χ2v) is 4.72. The van der Waals surface area contributed by atoms with Crippen molar-refractivity contribution in [3.63, 3.8) is 0 Å². The van der Waals surface area contributed by atoms with Gasteiger partial charge in [0, 0.05) is 0 Å². The lowest BCUT2D eigenvalue weighted by atomic mass is 10.1. The molecule has 0 atom stereocenters. The molecule has 0 radical (unpaired) electrons. The van der Waals surface area contributed by atoms with Gasteiger partial charge in [-0.15, -0.1) is 0 Å². The first-order valence-electron chi connectivity index (χ1n) is 4.88. The maximum Gasteiger partial charge on any atom is 0.446 e. The normalized spacial score (nSPS) is 11.9. The van der Waals surface area contributed by atoms with Crippen LogP contribution in [-0.2, 0) is 10.9 Å². The molecule has 0 saturated heterocycles. The lowest BCUT2D eigenvalue weighted by Crippen LogP contribution is -2.22. The molecule has 90 valence electrons. The molecule has 0 spiro atoms. The number of hydrogen-bond donors (Lipinski definition) is 0. The Morgan fingerprint density at radius 2 is 2.24 bits per heavy atom. The van der Waals surface area contributed by atoms with Gasteiger partial charge in [0.15, 0.2) is 5.58 Å². The van der Waals surface area contributed by atoms with E-state index in [1.165, 1.54) is 0 Å². The highest BCUT2D eigenvalue weighted by molar-refractivity contribution is 6.46. The van der Waals surface area contributed by atoms with E-state index in [1.807, 2.05) is 13.0 Å². The van der Waals surface area contributed by atoms with E-state index in [0.29, 0.717) is 11.1 Å². The number of hydrogen-bond acceptors (Lipinski definition) is 4. The minimum absolute atomic E-state index is 0.318. The van der Waals surface area contributed by atoms with Crippen molar-refractivity contribution in [1.82, 2.24) is 4.98 Å². The molecule has 0 unspecified atom stereocenters. The van der Waals surface area contributed by atoms with Crippen LogP contribution in [0.5, 0.6) is 0 Å². The highest BCUT2D eigenvalue weighted by atomic mass is 35.5. The van der Waals surface area contributed by atoms with E-state index in [4.69, 9.17) is 27.6 Å². The van der Waals surface area contributed by atoms with E-state index in [-0.39, 0.29) is 5.89 Å². The van der Waals surface area contributed by atoms with Crippen molar-refractivity contribution in [2.75, 3.05) is 0 Å². The van der Waals surface area contributed by atoms with Gasteiger partial charge in [-0.3, -0.25) is 10.1 Å². The lowest BCUT2D eigenvalue weighted by molar-refractivity contribution is -0.526. The topological polar surface area (TPSA) is 69.2 Å². The molecule has 1 heterocycles. The maximum absolute atomic E-state index is 10.7. The molecule has 2 aromatic rings. The molecule has 17 heavy (non-hydrogen) atoms. The number of para-hydroxylation sites is 1. The van der Waals surface area contributed by atoms with Crippen LogP contribution in [0.3, 0.4) is 0 Å². The predicted molar refractivity (Wildman–Crippen MR) is 63.8 cm³/mol. The molecule has 5 nitrogen and oxygen atoms in total. The van der Waals surface area contributed by atoms with Crippen LogP contribution in [0.2, 0.25) is 0 Å². The Bertz CT molecular complexity index is 580. The van der Waals surface area contributed by atoms with Crippen LogP contribution in [0.4, 0.5) is 0 Å². The number of fused-ring (bicyclic) bond motifs is 1. The van der Waals surface area contributed by atoms with Crippen LogP contribution in [0.25, 0.3) is 11.1 Å². The smallest absolute Gasteiger partial charge is 0.432 e. The molecule has 0 aliphatic carbocycles. The van der Waals surface area contributed by atoms with E-state index in [9.17, 15) is 10.1 Å². The molecule has 0 amide bonds. The van der Waals surface area contributed by atoms with Gasteiger partial charge in [-0.25, -0.2) is 4.98 Å².